The third kappa shape index (κ3) is 4.21. The number of phenolic OH excluding ortho intramolecular Hbond substituents is 1. The number of hydrogen-bond donors (Lipinski definition) is 2. The maximum absolute atomic E-state index is 13.0. The summed E-state index contributed by atoms with van der Waals surface area (Å²) in [6.07, 6.45) is 1.52. The summed E-state index contributed by atoms with van der Waals surface area (Å²) in [6.45, 7) is 2.22. The summed E-state index contributed by atoms with van der Waals surface area (Å²) in [4.78, 5) is 25.8. The number of imide groups is 1. The number of phenols is 1. The van der Waals surface area contributed by atoms with Crippen molar-refractivity contribution < 1.29 is 23.8 Å². The lowest BCUT2D eigenvalue weighted by Gasteiger charge is -2.11. The molecule has 1 aliphatic rings. The highest BCUT2D eigenvalue weighted by Crippen LogP contribution is 2.33. The van der Waals surface area contributed by atoms with Gasteiger partial charge in [0.1, 0.15) is 11.5 Å². The van der Waals surface area contributed by atoms with Crippen LogP contribution in [0.1, 0.15) is 18.1 Å². The molecule has 0 radical (unpaired) electrons. The Morgan fingerprint density at radius 1 is 1.26 bits per heavy atom. The zero-order valence-electron chi connectivity index (χ0n) is 14.3. The van der Waals surface area contributed by atoms with Gasteiger partial charge in [-0.25, -0.2) is 9.18 Å². The van der Waals surface area contributed by atoms with Crippen LogP contribution in [0.15, 0.2) is 42.1 Å². The van der Waals surface area contributed by atoms with Gasteiger partial charge in [-0.1, -0.05) is 12.1 Å². The fraction of sp³-hybridized carbons (Fsp3) is 0.158. The van der Waals surface area contributed by atoms with E-state index in [1.807, 2.05) is 22.6 Å². The standard InChI is InChI=1S/C19H16FIN2O4/c1-2-27-16-9-12(7-14(21)17(16)24)8-15-18(25)23(19(26)22-15)10-11-3-5-13(20)6-4-11/h3-9,24H,2,10H2,1H3,(H,22,26)/b15-8+. The van der Waals surface area contributed by atoms with Crippen molar-refractivity contribution in [3.63, 3.8) is 0 Å². The average Bonchev–Trinajstić information content (AvgIpc) is 2.88. The highest BCUT2D eigenvalue weighted by atomic mass is 127. The molecule has 3 rings (SSSR count). The Kier molecular flexibility index (Phi) is 5.64. The summed E-state index contributed by atoms with van der Waals surface area (Å²) >= 11 is 1.96. The van der Waals surface area contributed by atoms with E-state index in [0.717, 1.165) is 4.90 Å². The molecule has 1 aliphatic heterocycles. The minimum absolute atomic E-state index is 0.0271. The van der Waals surface area contributed by atoms with Crippen LogP contribution in [0.4, 0.5) is 9.18 Å². The molecule has 0 aliphatic carbocycles. The molecule has 2 aromatic rings. The van der Waals surface area contributed by atoms with Gasteiger partial charge in [-0.3, -0.25) is 9.69 Å². The van der Waals surface area contributed by atoms with E-state index >= 15 is 0 Å². The monoisotopic (exact) mass is 482 g/mol. The molecule has 1 fully saturated rings. The number of halogens is 2. The van der Waals surface area contributed by atoms with E-state index in [9.17, 15) is 19.1 Å². The predicted molar refractivity (Wildman–Crippen MR) is 105 cm³/mol. The van der Waals surface area contributed by atoms with Crippen molar-refractivity contribution in [1.82, 2.24) is 10.2 Å². The molecule has 1 saturated heterocycles. The highest BCUT2D eigenvalue weighted by molar-refractivity contribution is 14.1. The zero-order valence-corrected chi connectivity index (χ0v) is 16.5. The number of carbonyl (C=O) groups excluding carboxylic acids is 2. The fourth-order valence-electron chi connectivity index (χ4n) is 2.60. The van der Waals surface area contributed by atoms with Gasteiger partial charge in [0.15, 0.2) is 11.5 Å². The van der Waals surface area contributed by atoms with Crippen molar-refractivity contribution >= 4 is 40.6 Å². The van der Waals surface area contributed by atoms with Crippen LogP contribution in [0, 0.1) is 9.39 Å². The molecule has 6 nitrogen and oxygen atoms in total. The minimum atomic E-state index is -0.547. The molecule has 140 valence electrons. The minimum Gasteiger partial charge on any atom is -0.504 e. The van der Waals surface area contributed by atoms with E-state index in [2.05, 4.69) is 5.32 Å². The molecule has 0 atom stereocenters. The van der Waals surface area contributed by atoms with Gasteiger partial charge in [0.25, 0.3) is 5.91 Å². The van der Waals surface area contributed by atoms with E-state index in [4.69, 9.17) is 4.74 Å². The molecular formula is C19H16FIN2O4. The largest absolute Gasteiger partial charge is 0.504 e. The summed E-state index contributed by atoms with van der Waals surface area (Å²) in [6, 6.07) is 8.32. The van der Waals surface area contributed by atoms with Crippen LogP contribution < -0.4 is 10.1 Å². The van der Waals surface area contributed by atoms with Crippen molar-refractivity contribution in [1.29, 1.82) is 0 Å². The number of nitrogens with one attached hydrogen (secondary N) is 1. The SMILES string of the molecule is CCOc1cc(/C=C2/NC(=O)N(Cc3ccc(F)cc3)C2=O)cc(I)c1O. The Morgan fingerprint density at radius 3 is 2.63 bits per heavy atom. The van der Waals surface area contributed by atoms with E-state index in [1.54, 1.807) is 19.1 Å². The number of hydrogen-bond acceptors (Lipinski definition) is 4. The zero-order chi connectivity index (χ0) is 19.6. The van der Waals surface area contributed by atoms with Gasteiger partial charge in [-0.05, 0) is 71.0 Å². The second-order valence-corrected chi connectivity index (χ2v) is 6.95. The van der Waals surface area contributed by atoms with E-state index in [-0.39, 0.29) is 23.8 Å². The van der Waals surface area contributed by atoms with Crippen LogP contribution in [0.2, 0.25) is 0 Å². The van der Waals surface area contributed by atoms with Gasteiger partial charge in [0.2, 0.25) is 0 Å². The van der Waals surface area contributed by atoms with Gasteiger partial charge in [0, 0.05) is 0 Å². The van der Waals surface area contributed by atoms with E-state index < -0.39 is 11.9 Å². The average molecular weight is 482 g/mol. The first-order chi connectivity index (χ1) is 12.9. The molecule has 0 unspecified atom stereocenters. The van der Waals surface area contributed by atoms with Gasteiger partial charge in [0.05, 0.1) is 16.7 Å². The Balaban J connectivity index is 1.85. The Labute approximate surface area is 168 Å². The number of ether oxygens (including phenoxy) is 1. The molecule has 1 heterocycles. The molecule has 0 aromatic heterocycles. The highest BCUT2D eigenvalue weighted by Gasteiger charge is 2.33. The number of nitrogens with zero attached hydrogens (tertiary/aromatic N) is 1. The Morgan fingerprint density at radius 2 is 1.96 bits per heavy atom. The quantitative estimate of drug-likeness (QED) is 0.388. The lowest BCUT2D eigenvalue weighted by Crippen LogP contribution is -2.30. The summed E-state index contributed by atoms with van der Waals surface area (Å²) in [7, 11) is 0. The van der Waals surface area contributed by atoms with Crippen molar-refractivity contribution in [2.24, 2.45) is 0 Å². The Hall–Kier alpha value is -2.62. The maximum atomic E-state index is 13.0. The molecule has 8 heteroatoms. The topological polar surface area (TPSA) is 78.9 Å². The second kappa shape index (κ2) is 7.95. The number of benzene rings is 2. The molecule has 3 amide bonds. The number of rotatable bonds is 5. The lowest BCUT2D eigenvalue weighted by molar-refractivity contribution is -0.123. The smallest absolute Gasteiger partial charge is 0.329 e. The van der Waals surface area contributed by atoms with Gasteiger partial charge in [-0.15, -0.1) is 0 Å². The van der Waals surface area contributed by atoms with Crippen molar-refractivity contribution in [3.8, 4) is 11.5 Å². The molecule has 2 N–H and O–H groups in total. The van der Waals surface area contributed by atoms with Crippen molar-refractivity contribution in [2.75, 3.05) is 6.61 Å². The fourth-order valence-corrected chi connectivity index (χ4v) is 3.22. The second-order valence-electron chi connectivity index (χ2n) is 5.79. The van der Waals surface area contributed by atoms with Gasteiger partial charge >= 0.3 is 6.03 Å². The molecule has 0 spiro atoms. The first-order valence-electron chi connectivity index (χ1n) is 8.13. The van der Waals surface area contributed by atoms with Crippen molar-refractivity contribution in [3.05, 3.63) is 62.6 Å². The van der Waals surface area contributed by atoms with Gasteiger partial charge < -0.3 is 15.2 Å². The molecule has 27 heavy (non-hydrogen) atoms. The van der Waals surface area contributed by atoms with Crippen LogP contribution in [-0.2, 0) is 11.3 Å². The molecular weight excluding hydrogens is 466 g/mol. The number of urea groups is 1. The predicted octanol–water partition coefficient (Wildman–Crippen LogP) is 3.63. The third-order valence-corrected chi connectivity index (χ3v) is 4.70. The number of carbonyl (C=O) groups is 2. The van der Waals surface area contributed by atoms with E-state index in [1.165, 1.54) is 30.3 Å². The van der Waals surface area contributed by atoms with Gasteiger partial charge in [-0.2, -0.15) is 0 Å². The first-order valence-corrected chi connectivity index (χ1v) is 9.21. The van der Waals surface area contributed by atoms with Crippen LogP contribution in [0.5, 0.6) is 11.5 Å². The van der Waals surface area contributed by atoms with Crippen LogP contribution in [0.25, 0.3) is 6.08 Å². The normalized spacial score (nSPS) is 15.4. The molecule has 0 bridgehead atoms. The third-order valence-electron chi connectivity index (χ3n) is 3.88. The van der Waals surface area contributed by atoms with Crippen molar-refractivity contribution in [2.45, 2.75) is 13.5 Å². The van der Waals surface area contributed by atoms with Crippen LogP contribution in [-0.4, -0.2) is 28.6 Å². The number of aromatic hydroxyl groups is 1. The maximum Gasteiger partial charge on any atom is 0.329 e. The lowest BCUT2D eigenvalue weighted by atomic mass is 10.1. The molecule has 0 saturated carbocycles. The summed E-state index contributed by atoms with van der Waals surface area (Å²) in [5, 5.41) is 12.5. The van der Waals surface area contributed by atoms with Crippen LogP contribution >= 0.6 is 22.6 Å². The summed E-state index contributed by atoms with van der Waals surface area (Å²) in [5.74, 6) is -0.538. The number of amides is 3. The molecule has 2 aromatic carbocycles. The summed E-state index contributed by atoms with van der Waals surface area (Å²) < 4.78 is 19.0. The Bertz CT molecular complexity index is 928. The van der Waals surface area contributed by atoms with E-state index in [0.29, 0.717) is 27.1 Å². The van der Waals surface area contributed by atoms with Crippen LogP contribution in [0.3, 0.4) is 0 Å². The first kappa shape index (κ1) is 19.2. The summed E-state index contributed by atoms with van der Waals surface area (Å²) in [5.41, 5.74) is 1.36.